The largest absolute Gasteiger partial charge is 0.492 e. The SMILES string of the molecule is CCOc1ccccc1NC(=O)/C(C#N)=C/c1csc(N(C(C)=O)c2ccc(C)c(C)c2)n1. The van der Waals surface area contributed by atoms with Crippen LogP contribution in [0.5, 0.6) is 5.75 Å². The molecule has 2 amide bonds. The number of nitrogens with one attached hydrogen (secondary N) is 1. The summed E-state index contributed by atoms with van der Waals surface area (Å²) in [7, 11) is 0. The molecule has 0 unspecified atom stereocenters. The molecule has 7 nitrogen and oxygen atoms in total. The van der Waals surface area contributed by atoms with Crippen LogP contribution in [0.2, 0.25) is 0 Å². The monoisotopic (exact) mass is 460 g/mol. The average Bonchev–Trinajstić information content (AvgIpc) is 3.23. The standard InChI is InChI=1S/C25H24N4O3S/c1-5-32-23-9-7-6-8-22(23)28-24(31)19(14-26)13-20-15-33-25(27-20)29(18(4)30)21-11-10-16(2)17(3)12-21/h6-13,15H,5H2,1-4H3,(H,28,31)/b19-13+. The molecular formula is C25H24N4O3S. The smallest absolute Gasteiger partial charge is 0.266 e. The minimum atomic E-state index is -0.572. The molecule has 1 heterocycles. The van der Waals surface area contributed by atoms with E-state index in [-0.39, 0.29) is 11.5 Å². The number of para-hydroxylation sites is 2. The van der Waals surface area contributed by atoms with Gasteiger partial charge in [-0.3, -0.25) is 14.5 Å². The maximum atomic E-state index is 12.7. The van der Waals surface area contributed by atoms with E-state index in [9.17, 15) is 14.9 Å². The minimum absolute atomic E-state index is 0.112. The van der Waals surface area contributed by atoms with Crippen molar-refractivity contribution in [1.82, 2.24) is 4.98 Å². The average molecular weight is 461 g/mol. The number of benzene rings is 2. The molecular weight excluding hydrogens is 436 g/mol. The molecule has 0 radical (unpaired) electrons. The second-order valence-electron chi connectivity index (χ2n) is 7.23. The van der Waals surface area contributed by atoms with Crippen molar-refractivity contribution in [2.75, 3.05) is 16.8 Å². The number of carbonyl (C=O) groups excluding carboxylic acids is 2. The van der Waals surface area contributed by atoms with Crippen molar-refractivity contribution in [2.24, 2.45) is 0 Å². The lowest BCUT2D eigenvalue weighted by molar-refractivity contribution is -0.116. The van der Waals surface area contributed by atoms with E-state index in [1.54, 1.807) is 29.6 Å². The van der Waals surface area contributed by atoms with Gasteiger partial charge in [-0.2, -0.15) is 5.26 Å². The lowest BCUT2D eigenvalue weighted by atomic mass is 10.1. The number of ether oxygens (including phenoxy) is 1. The van der Waals surface area contributed by atoms with Crippen molar-refractivity contribution in [2.45, 2.75) is 27.7 Å². The summed E-state index contributed by atoms with van der Waals surface area (Å²) in [5, 5.41) is 14.4. The number of hydrogen-bond donors (Lipinski definition) is 1. The quantitative estimate of drug-likeness (QED) is 0.377. The number of amides is 2. The topological polar surface area (TPSA) is 95.3 Å². The Bertz CT molecular complexity index is 1260. The Morgan fingerprint density at radius 2 is 1.97 bits per heavy atom. The van der Waals surface area contributed by atoms with Gasteiger partial charge in [0.2, 0.25) is 5.91 Å². The van der Waals surface area contributed by atoms with Gasteiger partial charge in [0.25, 0.3) is 5.91 Å². The molecule has 2 aromatic carbocycles. The fourth-order valence-electron chi connectivity index (χ4n) is 3.07. The second-order valence-corrected chi connectivity index (χ2v) is 8.07. The first kappa shape index (κ1) is 23.7. The van der Waals surface area contributed by atoms with Crippen molar-refractivity contribution in [1.29, 1.82) is 5.26 Å². The summed E-state index contributed by atoms with van der Waals surface area (Å²) in [5.74, 6) is -0.238. The maximum absolute atomic E-state index is 12.7. The molecule has 0 fully saturated rings. The molecule has 0 saturated heterocycles. The molecule has 0 saturated carbocycles. The van der Waals surface area contributed by atoms with Crippen LogP contribution in [0.15, 0.2) is 53.4 Å². The Hall–Kier alpha value is -3.96. The van der Waals surface area contributed by atoms with E-state index in [1.165, 1.54) is 29.2 Å². The highest BCUT2D eigenvalue weighted by atomic mass is 32.1. The third kappa shape index (κ3) is 5.64. The van der Waals surface area contributed by atoms with Gasteiger partial charge < -0.3 is 10.1 Å². The van der Waals surface area contributed by atoms with E-state index < -0.39 is 5.91 Å². The molecule has 1 aromatic heterocycles. The van der Waals surface area contributed by atoms with Crippen molar-refractivity contribution >= 4 is 45.7 Å². The predicted octanol–water partition coefficient (Wildman–Crippen LogP) is 5.39. The van der Waals surface area contributed by atoms with E-state index in [2.05, 4.69) is 10.3 Å². The van der Waals surface area contributed by atoms with Crippen molar-refractivity contribution in [3.8, 4) is 11.8 Å². The molecule has 1 N–H and O–H groups in total. The predicted molar refractivity (Wildman–Crippen MR) is 131 cm³/mol. The van der Waals surface area contributed by atoms with E-state index in [0.717, 1.165) is 11.1 Å². The van der Waals surface area contributed by atoms with Crippen LogP contribution in [0.3, 0.4) is 0 Å². The molecule has 0 spiro atoms. The molecule has 0 aliphatic heterocycles. The van der Waals surface area contributed by atoms with Gasteiger partial charge in [0, 0.05) is 12.3 Å². The fraction of sp³-hybridized carbons (Fsp3) is 0.200. The van der Waals surface area contributed by atoms with Crippen LogP contribution in [0, 0.1) is 25.2 Å². The molecule has 33 heavy (non-hydrogen) atoms. The molecule has 168 valence electrons. The van der Waals surface area contributed by atoms with E-state index in [1.807, 2.05) is 45.0 Å². The van der Waals surface area contributed by atoms with Crippen LogP contribution in [0.25, 0.3) is 6.08 Å². The number of aromatic nitrogens is 1. The van der Waals surface area contributed by atoms with Crippen molar-refractivity contribution < 1.29 is 14.3 Å². The van der Waals surface area contributed by atoms with Gasteiger partial charge >= 0.3 is 0 Å². The third-order valence-corrected chi connectivity index (χ3v) is 5.70. The number of nitriles is 1. The summed E-state index contributed by atoms with van der Waals surface area (Å²) in [4.78, 5) is 31.1. The molecule has 8 heteroatoms. The first-order valence-electron chi connectivity index (χ1n) is 10.3. The highest BCUT2D eigenvalue weighted by molar-refractivity contribution is 7.14. The summed E-state index contributed by atoms with van der Waals surface area (Å²) in [5.41, 5.74) is 3.67. The summed E-state index contributed by atoms with van der Waals surface area (Å²) < 4.78 is 5.51. The zero-order chi connectivity index (χ0) is 24.0. The van der Waals surface area contributed by atoms with Crippen molar-refractivity contribution in [3.05, 3.63) is 70.2 Å². The molecule has 0 aliphatic rings. The van der Waals surface area contributed by atoms with Gasteiger partial charge in [-0.1, -0.05) is 18.2 Å². The fourth-order valence-corrected chi connectivity index (χ4v) is 3.92. The summed E-state index contributed by atoms with van der Waals surface area (Å²) in [6, 6.07) is 14.7. The maximum Gasteiger partial charge on any atom is 0.266 e. The van der Waals surface area contributed by atoms with Gasteiger partial charge in [-0.05, 0) is 62.2 Å². The second kappa shape index (κ2) is 10.6. The molecule has 0 atom stereocenters. The number of aryl methyl sites for hydroxylation is 2. The number of hydrogen-bond acceptors (Lipinski definition) is 6. The lowest BCUT2D eigenvalue weighted by Gasteiger charge is -2.19. The first-order valence-corrected chi connectivity index (χ1v) is 11.2. The molecule has 0 bridgehead atoms. The minimum Gasteiger partial charge on any atom is -0.492 e. The molecule has 0 aliphatic carbocycles. The Kier molecular flexibility index (Phi) is 7.59. The first-order chi connectivity index (χ1) is 15.8. The van der Waals surface area contributed by atoms with Crippen LogP contribution >= 0.6 is 11.3 Å². The van der Waals surface area contributed by atoms with E-state index in [0.29, 0.717) is 34.6 Å². The number of nitrogens with zero attached hydrogens (tertiary/aromatic N) is 3. The van der Waals surface area contributed by atoms with Gasteiger partial charge in [-0.25, -0.2) is 4.98 Å². The number of anilines is 3. The summed E-state index contributed by atoms with van der Waals surface area (Å²) >= 11 is 1.26. The number of thiazole rings is 1. The van der Waals surface area contributed by atoms with E-state index >= 15 is 0 Å². The number of rotatable bonds is 7. The summed E-state index contributed by atoms with van der Waals surface area (Å²) in [6.45, 7) is 7.75. The highest BCUT2D eigenvalue weighted by Gasteiger charge is 2.19. The van der Waals surface area contributed by atoms with Crippen LogP contribution in [-0.4, -0.2) is 23.4 Å². The Morgan fingerprint density at radius 3 is 2.64 bits per heavy atom. The van der Waals surface area contributed by atoms with Gasteiger partial charge in [0.05, 0.1) is 23.7 Å². The van der Waals surface area contributed by atoms with Crippen LogP contribution < -0.4 is 15.0 Å². The molecule has 3 rings (SSSR count). The number of carbonyl (C=O) groups is 2. The van der Waals surface area contributed by atoms with Gasteiger partial charge in [0.1, 0.15) is 17.4 Å². The van der Waals surface area contributed by atoms with Gasteiger partial charge in [-0.15, -0.1) is 11.3 Å². The zero-order valence-electron chi connectivity index (χ0n) is 18.9. The van der Waals surface area contributed by atoms with Gasteiger partial charge in [0.15, 0.2) is 5.13 Å². The normalized spacial score (nSPS) is 10.9. The third-order valence-electron chi connectivity index (χ3n) is 4.86. The Morgan fingerprint density at radius 1 is 1.21 bits per heavy atom. The Labute approximate surface area is 197 Å². The lowest BCUT2D eigenvalue weighted by Crippen LogP contribution is -2.22. The summed E-state index contributed by atoms with van der Waals surface area (Å²) in [6.07, 6.45) is 1.40. The van der Waals surface area contributed by atoms with Crippen LogP contribution in [-0.2, 0) is 9.59 Å². The van der Waals surface area contributed by atoms with Crippen LogP contribution in [0.4, 0.5) is 16.5 Å². The highest BCUT2D eigenvalue weighted by Crippen LogP contribution is 2.31. The van der Waals surface area contributed by atoms with Crippen molar-refractivity contribution in [3.63, 3.8) is 0 Å². The zero-order valence-corrected chi connectivity index (χ0v) is 19.7. The van der Waals surface area contributed by atoms with Crippen LogP contribution in [0.1, 0.15) is 30.7 Å². The Balaban J connectivity index is 1.86. The molecule has 3 aromatic rings. The van der Waals surface area contributed by atoms with E-state index in [4.69, 9.17) is 4.74 Å².